The van der Waals surface area contributed by atoms with Gasteiger partial charge in [0.25, 0.3) is 0 Å². The average Bonchev–Trinajstić information content (AvgIpc) is 2.55. The predicted octanol–water partition coefficient (Wildman–Crippen LogP) is 4.10. The molecule has 0 amide bonds. The van der Waals surface area contributed by atoms with Crippen LogP contribution in [0.25, 0.3) is 0 Å². The fourth-order valence-corrected chi connectivity index (χ4v) is 3.02. The molecule has 2 aromatic carbocycles. The molecule has 0 spiro atoms. The Morgan fingerprint density at radius 3 is 1.39 bits per heavy atom. The molecule has 0 aromatic heterocycles. The van der Waals surface area contributed by atoms with E-state index in [1.165, 1.54) is 24.1 Å². The quantitative estimate of drug-likeness (QED) is 0.548. The first-order valence-corrected chi connectivity index (χ1v) is 8.44. The molecular weight excluding hydrogens is 336 g/mol. The Morgan fingerprint density at radius 1 is 0.739 bits per heavy atom. The molecule has 0 unspecified atom stereocenters. The summed E-state index contributed by atoms with van der Waals surface area (Å²) in [5, 5.41) is 17.6. The van der Waals surface area contributed by atoms with Gasteiger partial charge in [-0.1, -0.05) is 24.3 Å². The molecule has 2 aromatic rings. The van der Waals surface area contributed by atoms with Gasteiger partial charge in [0.1, 0.15) is 0 Å². The van der Waals surface area contributed by atoms with Crippen molar-refractivity contribution >= 4 is 36.0 Å². The highest BCUT2D eigenvalue weighted by Gasteiger charge is 2.03. The van der Waals surface area contributed by atoms with Gasteiger partial charge in [0, 0.05) is 35.6 Å². The van der Waals surface area contributed by atoms with Gasteiger partial charge < -0.3 is 10.2 Å². The smallest absolute Gasteiger partial charge is 0.335 e. The molecule has 0 radical (unpaired) electrons. The standard InChI is InChI=1S/C16H14O5S2/c17-15(18)13-5-1-11(2-6-13)9-22-21-23-10-12-3-7-14(8-4-12)16(19)20/h1-8H,9-10H2,(H,17,18)(H,19,20). The largest absolute Gasteiger partial charge is 0.478 e. The van der Waals surface area contributed by atoms with Crippen LogP contribution in [0.5, 0.6) is 0 Å². The molecule has 2 rings (SSSR count). The Labute approximate surface area is 142 Å². The summed E-state index contributed by atoms with van der Waals surface area (Å²) >= 11 is 2.54. The van der Waals surface area contributed by atoms with Crippen molar-refractivity contribution in [2.45, 2.75) is 11.5 Å². The minimum Gasteiger partial charge on any atom is -0.478 e. The van der Waals surface area contributed by atoms with E-state index in [9.17, 15) is 9.59 Å². The third-order valence-electron chi connectivity index (χ3n) is 2.95. The molecule has 0 saturated heterocycles. The van der Waals surface area contributed by atoms with Crippen LogP contribution in [0, 0.1) is 0 Å². The molecule has 0 aliphatic heterocycles. The number of hydrogen-bond acceptors (Lipinski definition) is 5. The summed E-state index contributed by atoms with van der Waals surface area (Å²) in [4.78, 5) is 21.5. The normalized spacial score (nSPS) is 10.4. The summed E-state index contributed by atoms with van der Waals surface area (Å²) in [6, 6.07) is 13.3. The minimum absolute atomic E-state index is 0.263. The van der Waals surface area contributed by atoms with Crippen LogP contribution in [0.4, 0.5) is 0 Å². The van der Waals surface area contributed by atoms with Gasteiger partial charge in [0.15, 0.2) is 0 Å². The lowest BCUT2D eigenvalue weighted by molar-refractivity contribution is 0.0686. The first kappa shape index (κ1) is 17.4. The average molecular weight is 350 g/mol. The van der Waals surface area contributed by atoms with Gasteiger partial charge in [-0.25, -0.2) is 13.2 Å². The van der Waals surface area contributed by atoms with E-state index in [1.54, 1.807) is 48.5 Å². The maximum absolute atomic E-state index is 10.7. The van der Waals surface area contributed by atoms with Gasteiger partial charge in [0.05, 0.1) is 11.1 Å². The molecule has 0 fully saturated rings. The van der Waals surface area contributed by atoms with E-state index in [0.717, 1.165) is 11.1 Å². The first-order chi connectivity index (χ1) is 11.1. The number of benzene rings is 2. The highest BCUT2D eigenvalue weighted by molar-refractivity contribution is 8.07. The molecular formula is C16H14O5S2. The number of rotatable bonds is 8. The van der Waals surface area contributed by atoms with Crippen molar-refractivity contribution in [3.63, 3.8) is 0 Å². The van der Waals surface area contributed by atoms with Crippen molar-refractivity contribution in [2.24, 2.45) is 0 Å². The molecule has 0 heterocycles. The zero-order valence-electron chi connectivity index (χ0n) is 12.0. The Morgan fingerprint density at radius 2 is 1.09 bits per heavy atom. The highest BCUT2D eigenvalue weighted by Crippen LogP contribution is 2.23. The van der Waals surface area contributed by atoms with E-state index in [-0.39, 0.29) is 11.1 Å². The van der Waals surface area contributed by atoms with Crippen LogP contribution >= 0.6 is 24.1 Å². The second-order valence-corrected chi connectivity index (χ2v) is 6.19. The number of carbonyl (C=O) groups is 2. The van der Waals surface area contributed by atoms with Crippen LogP contribution in [0.3, 0.4) is 0 Å². The van der Waals surface area contributed by atoms with Crippen LogP contribution in [0.1, 0.15) is 31.8 Å². The Bertz CT molecular complexity index is 608. The van der Waals surface area contributed by atoms with E-state index in [2.05, 4.69) is 0 Å². The Hall–Kier alpha value is -1.96. The summed E-state index contributed by atoms with van der Waals surface area (Å²) in [6.07, 6.45) is 0. The number of carboxylic acids is 2. The second-order valence-electron chi connectivity index (χ2n) is 4.60. The summed E-state index contributed by atoms with van der Waals surface area (Å²) in [6.45, 7) is 0. The lowest BCUT2D eigenvalue weighted by atomic mass is 10.1. The summed E-state index contributed by atoms with van der Waals surface area (Å²) in [5.41, 5.74) is 2.48. The van der Waals surface area contributed by atoms with Crippen LogP contribution in [0.2, 0.25) is 0 Å². The van der Waals surface area contributed by atoms with Crippen molar-refractivity contribution in [2.75, 3.05) is 0 Å². The van der Waals surface area contributed by atoms with E-state index in [0.29, 0.717) is 11.5 Å². The Kier molecular flexibility index (Phi) is 6.52. The molecule has 23 heavy (non-hydrogen) atoms. The van der Waals surface area contributed by atoms with E-state index in [1.807, 2.05) is 0 Å². The zero-order valence-corrected chi connectivity index (χ0v) is 13.6. The number of carboxylic acid groups (broad SMARTS) is 2. The SMILES string of the molecule is O=C(O)c1ccc(CSOSCc2ccc(C(=O)O)cc2)cc1. The molecule has 0 aliphatic carbocycles. The maximum Gasteiger partial charge on any atom is 0.335 e. The highest BCUT2D eigenvalue weighted by atomic mass is 32.2. The van der Waals surface area contributed by atoms with Gasteiger partial charge in [-0.2, -0.15) is 0 Å². The minimum atomic E-state index is -0.940. The third kappa shape index (κ3) is 5.63. The van der Waals surface area contributed by atoms with Crippen molar-refractivity contribution in [3.05, 3.63) is 70.8 Å². The fraction of sp³-hybridized carbons (Fsp3) is 0.125. The molecule has 7 heteroatoms. The topological polar surface area (TPSA) is 83.8 Å². The second kappa shape index (κ2) is 8.61. The van der Waals surface area contributed by atoms with E-state index in [4.69, 9.17) is 13.8 Å². The number of hydrogen-bond donors (Lipinski definition) is 2. The van der Waals surface area contributed by atoms with Gasteiger partial charge in [0.2, 0.25) is 0 Å². The molecule has 2 N–H and O–H groups in total. The lowest BCUT2D eigenvalue weighted by Gasteiger charge is -2.03. The van der Waals surface area contributed by atoms with Crippen molar-refractivity contribution in [1.29, 1.82) is 0 Å². The first-order valence-electron chi connectivity index (χ1n) is 6.62. The van der Waals surface area contributed by atoms with Gasteiger partial charge in [-0.3, -0.25) is 0 Å². The zero-order chi connectivity index (χ0) is 16.7. The lowest BCUT2D eigenvalue weighted by Crippen LogP contribution is -1.95. The molecule has 120 valence electrons. The van der Waals surface area contributed by atoms with Crippen molar-refractivity contribution < 1.29 is 23.4 Å². The van der Waals surface area contributed by atoms with E-state index >= 15 is 0 Å². The molecule has 0 bridgehead atoms. The van der Waals surface area contributed by atoms with Crippen molar-refractivity contribution in [3.8, 4) is 0 Å². The van der Waals surface area contributed by atoms with Gasteiger partial charge >= 0.3 is 11.9 Å². The fourth-order valence-electron chi connectivity index (χ4n) is 1.71. The molecule has 0 aliphatic rings. The van der Waals surface area contributed by atoms with Crippen LogP contribution in [-0.4, -0.2) is 22.2 Å². The summed E-state index contributed by atoms with van der Waals surface area (Å²) in [5.74, 6) is -0.648. The molecule has 0 saturated carbocycles. The monoisotopic (exact) mass is 350 g/mol. The predicted molar refractivity (Wildman–Crippen MR) is 90.5 cm³/mol. The van der Waals surface area contributed by atoms with Crippen molar-refractivity contribution in [1.82, 2.24) is 0 Å². The third-order valence-corrected chi connectivity index (χ3v) is 4.62. The Balaban J connectivity index is 1.69. The molecule has 5 nitrogen and oxygen atoms in total. The van der Waals surface area contributed by atoms with Crippen LogP contribution in [-0.2, 0) is 15.1 Å². The summed E-state index contributed by atoms with van der Waals surface area (Å²) < 4.78 is 5.40. The van der Waals surface area contributed by atoms with E-state index < -0.39 is 11.9 Å². The molecule has 0 atom stereocenters. The summed E-state index contributed by atoms with van der Waals surface area (Å²) in [7, 11) is 0. The number of aromatic carboxylic acids is 2. The van der Waals surface area contributed by atoms with Gasteiger partial charge in [-0.05, 0) is 35.4 Å². The van der Waals surface area contributed by atoms with Crippen LogP contribution in [0.15, 0.2) is 48.5 Å². The maximum atomic E-state index is 10.7. The van der Waals surface area contributed by atoms with Gasteiger partial charge in [-0.15, -0.1) is 0 Å². The van der Waals surface area contributed by atoms with Crippen LogP contribution < -0.4 is 0 Å².